The van der Waals surface area contributed by atoms with Crippen LogP contribution >= 0.6 is 0 Å². The third kappa shape index (κ3) is 5.09. The Morgan fingerprint density at radius 1 is 0.962 bits per heavy atom. The van der Waals surface area contributed by atoms with E-state index >= 15 is 0 Å². The van der Waals surface area contributed by atoms with Gasteiger partial charge in [0.25, 0.3) is 0 Å². The molecular weight excluding hydrogens is 338 g/mol. The van der Waals surface area contributed by atoms with Gasteiger partial charge >= 0.3 is 5.97 Å². The smallest absolute Gasteiger partial charge is 0.331 e. The summed E-state index contributed by atoms with van der Waals surface area (Å²) in [7, 11) is 0. The molecule has 0 aliphatic carbocycles. The van der Waals surface area contributed by atoms with Crippen molar-refractivity contribution in [2.24, 2.45) is 0 Å². The van der Waals surface area contributed by atoms with Gasteiger partial charge in [-0.3, -0.25) is 4.79 Å². The number of carbonyl (C=O) groups is 2. The van der Waals surface area contributed by atoms with Crippen molar-refractivity contribution >= 4 is 17.8 Å². The first-order chi connectivity index (χ1) is 12.3. The average Bonchev–Trinajstić information content (AvgIpc) is 2.62. The van der Waals surface area contributed by atoms with Crippen molar-refractivity contribution in [2.45, 2.75) is 32.8 Å². The van der Waals surface area contributed by atoms with Crippen molar-refractivity contribution in [2.75, 3.05) is 0 Å². The van der Waals surface area contributed by atoms with Crippen molar-refractivity contribution in [3.05, 3.63) is 76.9 Å². The molecule has 0 radical (unpaired) electrons. The summed E-state index contributed by atoms with van der Waals surface area (Å²) in [5, 5.41) is 0. The van der Waals surface area contributed by atoms with E-state index in [1.807, 2.05) is 24.3 Å². The summed E-state index contributed by atoms with van der Waals surface area (Å²) < 4.78 is 31.2. The topological polar surface area (TPSA) is 43.4 Å². The fourth-order valence-electron chi connectivity index (χ4n) is 2.31. The summed E-state index contributed by atoms with van der Waals surface area (Å²) in [6, 6.07) is 10.5. The van der Waals surface area contributed by atoms with Gasteiger partial charge in [0, 0.05) is 11.6 Å². The average molecular weight is 358 g/mol. The van der Waals surface area contributed by atoms with Crippen molar-refractivity contribution < 1.29 is 23.1 Å². The van der Waals surface area contributed by atoms with Crippen molar-refractivity contribution in [1.29, 1.82) is 0 Å². The molecule has 3 nitrogen and oxygen atoms in total. The van der Waals surface area contributed by atoms with Crippen LogP contribution in [0.15, 0.2) is 48.5 Å². The van der Waals surface area contributed by atoms with Gasteiger partial charge in [-0.2, -0.15) is 0 Å². The van der Waals surface area contributed by atoms with Crippen LogP contribution in [-0.2, 0) is 9.53 Å². The number of halogens is 2. The number of ether oxygens (including phenoxy) is 1. The second-order valence-electron chi connectivity index (χ2n) is 6.23. The lowest BCUT2D eigenvalue weighted by Crippen LogP contribution is -2.23. The standard InChI is InChI=1S/C21H20F2O3/c1-13(2)16-7-4-15(5-8-16)6-11-20(24)26-14(3)21(25)17-9-10-18(22)19(23)12-17/h4-14H,1-3H3/b11-6+. The van der Waals surface area contributed by atoms with Crippen molar-refractivity contribution in [1.82, 2.24) is 0 Å². The molecule has 26 heavy (non-hydrogen) atoms. The second-order valence-corrected chi connectivity index (χ2v) is 6.23. The number of rotatable bonds is 6. The molecule has 0 N–H and O–H groups in total. The Morgan fingerprint density at radius 3 is 2.19 bits per heavy atom. The Kier molecular flexibility index (Phi) is 6.39. The van der Waals surface area contributed by atoms with Crippen LogP contribution in [-0.4, -0.2) is 17.9 Å². The van der Waals surface area contributed by atoms with Crippen LogP contribution in [0, 0.1) is 11.6 Å². The lowest BCUT2D eigenvalue weighted by molar-refractivity contribution is -0.140. The number of carbonyl (C=O) groups excluding carboxylic acids is 2. The van der Waals surface area contributed by atoms with Gasteiger partial charge < -0.3 is 4.74 Å². The molecule has 136 valence electrons. The summed E-state index contributed by atoms with van der Waals surface area (Å²) in [5.41, 5.74) is 1.96. The van der Waals surface area contributed by atoms with E-state index in [-0.39, 0.29) is 5.56 Å². The van der Waals surface area contributed by atoms with Gasteiger partial charge in [0.2, 0.25) is 5.78 Å². The fourth-order valence-corrected chi connectivity index (χ4v) is 2.31. The molecule has 0 saturated heterocycles. The van der Waals surface area contributed by atoms with E-state index in [2.05, 4.69) is 13.8 Å². The first-order valence-corrected chi connectivity index (χ1v) is 8.26. The highest BCUT2D eigenvalue weighted by molar-refractivity contribution is 6.01. The molecule has 0 aliphatic heterocycles. The molecule has 0 spiro atoms. The number of benzene rings is 2. The zero-order valence-corrected chi connectivity index (χ0v) is 14.8. The zero-order chi connectivity index (χ0) is 19.3. The number of esters is 1. The largest absolute Gasteiger partial charge is 0.451 e. The quantitative estimate of drug-likeness (QED) is 0.418. The molecule has 0 amide bonds. The van der Waals surface area contributed by atoms with Gasteiger partial charge in [0.15, 0.2) is 17.7 Å². The molecule has 5 heteroatoms. The SMILES string of the molecule is CC(OC(=O)/C=C/c1ccc(C(C)C)cc1)C(=O)c1ccc(F)c(F)c1. The molecular formula is C21H20F2O3. The maximum Gasteiger partial charge on any atom is 0.331 e. The maximum absolute atomic E-state index is 13.2. The van der Waals surface area contributed by atoms with Crippen LogP contribution in [0.2, 0.25) is 0 Å². The Bertz CT molecular complexity index is 824. The first-order valence-electron chi connectivity index (χ1n) is 8.26. The number of hydrogen-bond donors (Lipinski definition) is 0. The summed E-state index contributed by atoms with van der Waals surface area (Å²) in [5.74, 6) is -3.05. The summed E-state index contributed by atoms with van der Waals surface area (Å²) in [6.45, 7) is 5.56. The zero-order valence-electron chi connectivity index (χ0n) is 14.8. The highest BCUT2D eigenvalue weighted by atomic mass is 19.2. The van der Waals surface area contributed by atoms with Crippen LogP contribution in [0.3, 0.4) is 0 Å². The van der Waals surface area contributed by atoms with Crippen LogP contribution in [0.4, 0.5) is 8.78 Å². The van der Waals surface area contributed by atoms with Crippen LogP contribution in [0.25, 0.3) is 6.08 Å². The summed E-state index contributed by atoms with van der Waals surface area (Å²) >= 11 is 0. The molecule has 0 heterocycles. The van der Waals surface area contributed by atoms with Gasteiger partial charge in [-0.1, -0.05) is 38.1 Å². The minimum Gasteiger partial charge on any atom is -0.451 e. The van der Waals surface area contributed by atoms with E-state index in [1.165, 1.54) is 18.6 Å². The summed E-state index contributed by atoms with van der Waals surface area (Å²) in [4.78, 5) is 24.0. The molecule has 0 aromatic heterocycles. The highest BCUT2D eigenvalue weighted by Gasteiger charge is 2.19. The predicted octanol–water partition coefficient (Wildman–Crippen LogP) is 4.92. The van der Waals surface area contributed by atoms with E-state index in [1.54, 1.807) is 6.08 Å². The van der Waals surface area contributed by atoms with E-state index < -0.39 is 29.5 Å². The number of hydrogen-bond acceptors (Lipinski definition) is 3. The molecule has 2 aromatic rings. The van der Waals surface area contributed by atoms with E-state index in [0.29, 0.717) is 5.92 Å². The van der Waals surface area contributed by atoms with Gasteiger partial charge in [0.1, 0.15) is 0 Å². The molecule has 1 unspecified atom stereocenters. The van der Waals surface area contributed by atoms with Gasteiger partial charge in [-0.05, 0) is 48.2 Å². The van der Waals surface area contributed by atoms with E-state index in [4.69, 9.17) is 4.74 Å². The molecule has 0 bridgehead atoms. The second kappa shape index (κ2) is 8.52. The molecule has 1 atom stereocenters. The van der Waals surface area contributed by atoms with Crippen LogP contribution in [0.1, 0.15) is 48.2 Å². The minimum absolute atomic E-state index is 0.0579. The molecule has 2 aromatic carbocycles. The molecule has 0 aliphatic rings. The van der Waals surface area contributed by atoms with Crippen molar-refractivity contribution in [3.63, 3.8) is 0 Å². The first kappa shape index (κ1) is 19.5. The molecule has 0 saturated carbocycles. The maximum atomic E-state index is 13.2. The van der Waals surface area contributed by atoms with Crippen LogP contribution in [0.5, 0.6) is 0 Å². The van der Waals surface area contributed by atoms with Gasteiger partial charge in [0.05, 0.1) is 0 Å². The Hall–Kier alpha value is -2.82. The number of ketones is 1. The number of Topliss-reactive ketones (excluding diaryl/α,β-unsaturated/α-hetero) is 1. The van der Waals surface area contributed by atoms with E-state index in [0.717, 1.165) is 23.8 Å². The monoisotopic (exact) mass is 358 g/mol. The van der Waals surface area contributed by atoms with Gasteiger partial charge in [-0.25, -0.2) is 13.6 Å². The Balaban J connectivity index is 1.97. The summed E-state index contributed by atoms with van der Waals surface area (Å²) in [6.07, 6.45) is 1.70. The predicted molar refractivity (Wildman–Crippen MR) is 95.8 cm³/mol. The highest BCUT2D eigenvalue weighted by Crippen LogP contribution is 2.16. The third-order valence-corrected chi connectivity index (χ3v) is 3.88. The molecule has 0 fully saturated rings. The third-order valence-electron chi connectivity index (χ3n) is 3.88. The lowest BCUT2D eigenvalue weighted by atomic mass is 10.0. The van der Waals surface area contributed by atoms with E-state index in [9.17, 15) is 18.4 Å². The molecule has 2 rings (SSSR count). The Morgan fingerprint density at radius 2 is 1.62 bits per heavy atom. The lowest BCUT2D eigenvalue weighted by Gasteiger charge is -2.11. The Labute approximate surface area is 151 Å². The van der Waals surface area contributed by atoms with Crippen molar-refractivity contribution in [3.8, 4) is 0 Å². The minimum atomic E-state index is -1.13. The van der Waals surface area contributed by atoms with Crippen LogP contribution < -0.4 is 0 Å². The fraction of sp³-hybridized carbons (Fsp3) is 0.238. The normalized spacial score (nSPS) is 12.4. The van der Waals surface area contributed by atoms with Gasteiger partial charge in [-0.15, -0.1) is 0 Å².